The summed E-state index contributed by atoms with van der Waals surface area (Å²) in [5.41, 5.74) is 0. The fourth-order valence-electron chi connectivity index (χ4n) is 2.22. The number of ether oxygens (including phenoxy) is 3. The van der Waals surface area contributed by atoms with Gasteiger partial charge in [0.15, 0.2) is 6.10 Å². The molecule has 2 fully saturated rings. The molecule has 1 aliphatic heterocycles. The molecule has 1 unspecified atom stereocenters. The van der Waals surface area contributed by atoms with Gasteiger partial charge in [-0.1, -0.05) is 0 Å². The molecule has 1 heterocycles. The van der Waals surface area contributed by atoms with Crippen molar-refractivity contribution in [3.63, 3.8) is 0 Å². The van der Waals surface area contributed by atoms with Crippen LogP contribution in [-0.4, -0.2) is 37.0 Å². The Kier molecular flexibility index (Phi) is 3.36. The van der Waals surface area contributed by atoms with Crippen molar-refractivity contribution in [2.75, 3.05) is 13.2 Å². The summed E-state index contributed by atoms with van der Waals surface area (Å²) < 4.78 is 41.4. The summed E-state index contributed by atoms with van der Waals surface area (Å²) in [5, 5.41) is 0. The van der Waals surface area contributed by atoms with E-state index >= 15 is 0 Å². The molecule has 0 aromatic rings. The first kappa shape index (κ1) is 12.7. The Bertz CT molecular complexity index is 294. The molecule has 1 aliphatic carbocycles. The van der Waals surface area contributed by atoms with Crippen molar-refractivity contribution in [2.24, 2.45) is 0 Å². The Morgan fingerprint density at radius 1 is 1.35 bits per heavy atom. The van der Waals surface area contributed by atoms with Crippen LogP contribution in [0, 0.1) is 0 Å². The van der Waals surface area contributed by atoms with E-state index in [-0.39, 0.29) is 0 Å². The van der Waals surface area contributed by atoms with E-state index in [4.69, 9.17) is 14.2 Å². The van der Waals surface area contributed by atoms with Crippen LogP contribution in [0.3, 0.4) is 0 Å². The van der Waals surface area contributed by atoms with E-state index in [1.165, 1.54) is 0 Å². The van der Waals surface area contributed by atoms with Crippen LogP contribution in [0.15, 0.2) is 0 Å². The first-order valence-corrected chi connectivity index (χ1v) is 5.81. The highest BCUT2D eigenvalue weighted by Gasteiger charge is 2.51. The van der Waals surface area contributed by atoms with E-state index in [2.05, 4.69) is 0 Å². The number of hydrogen-bond acceptors (Lipinski definition) is 4. The zero-order chi connectivity index (χ0) is 12.5. The van der Waals surface area contributed by atoms with Gasteiger partial charge >= 0.3 is 11.9 Å². The third-order valence-electron chi connectivity index (χ3n) is 3.07. The van der Waals surface area contributed by atoms with Gasteiger partial charge < -0.3 is 14.2 Å². The molecule has 0 aromatic heterocycles. The summed E-state index contributed by atoms with van der Waals surface area (Å²) in [7, 11) is 0. The van der Waals surface area contributed by atoms with Gasteiger partial charge in [-0.3, -0.25) is 0 Å². The molecule has 0 aromatic carbocycles. The minimum absolute atomic E-state index is 0.502. The third kappa shape index (κ3) is 2.57. The van der Waals surface area contributed by atoms with E-state index in [1.54, 1.807) is 0 Å². The van der Waals surface area contributed by atoms with E-state index in [0.29, 0.717) is 33.0 Å². The molecule has 0 N–H and O–H groups in total. The van der Waals surface area contributed by atoms with Crippen LogP contribution >= 0.6 is 0 Å². The monoisotopic (exact) mass is 250 g/mol. The van der Waals surface area contributed by atoms with Crippen molar-refractivity contribution >= 4 is 5.97 Å². The number of carbonyl (C=O) groups excluding carboxylic acids is 1. The van der Waals surface area contributed by atoms with Gasteiger partial charge in [0.2, 0.25) is 5.79 Å². The van der Waals surface area contributed by atoms with Crippen LogP contribution in [0.5, 0.6) is 0 Å². The Labute approximate surface area is 98.2 Å². The summed E-state index contributed by atoms with van der Waals surface area (Å²) >= 11 is 0. The lowest BCUT2D eigenvalue weighted by molar-refractivity contribution is -0.301. The second kappa shape index (κ2) is 4.49. The van der Waals surface area contributed by atoms with E-state index < -0.39 is 23.8 Å². The molecule has 0 bridgehead atoms. The van der Waals surface area contributed by atoms with Gasteiger partial charge in [0, 0.05) is 13.3 Å². The van der Waals surface area contributed by atoms with Gasteiger partial charge in [0.25, 0.3) is 0 Å². The molecule has 1 atom stereocenters. The van der Waals surface area contributed by atoms with Crippen molar-refractivity contribution in [2.45, 2.75) is 50.4 Å². The number of esters is 1. The average Bonchev–Trinajstić information content (AvgIpc) is 2.61. The third-order valence-corrected chi connectivity index (χ3v) is 3.07. The molecule has 0 amide bonds. The van der Waals surface area contributed by atoms with Gasteiger partial charge in [-0.25, -0.2) is 4.79 Å². The van der Waals surface area contributed by atoms with Crippen LogP contribution in [0.1, 0.15) is 32.6 Å². The topological polar surface area (TPSA) is 44.8 Å². The van der Waals surface area contributed by atoms with Gasteiger partial charge in [0.1, 0.15) is 0 Å². The summed E-state index contributed by atoms with van der Waals surface area (Å²) in [4.78, 5) is 11.2. The highest BCUT2D eigenvalue weighted by atomic mass is 19.3. The van der Waals surface area contributed by atoms with Crippen molar-refractivity contribution in [1.29, 1.82) is 0 Å². The van der Waals surface area contributed by atoms with Crippen molar-refractivity contribution in [1.82, 2.24) is 0 Å². The highest BCUT2D eigenvalue weighted by molar-refractivity contribution is 5.77. The molecule has 6 heteroatoms. The molecule has 1 saturated heterocycles. The molecule has 98 valence electrons. The fourth-order valence-corrected chi connectivity index (χ4v) is 2.22. The van der Waals surface area contributed by atoms with Crippen molar-refractivity contribution in [3.8, 4) is 0 Å². The fraction of sp³-hybridized carbons (Fsp3) is 0.909. The maximum atomic E-state index is 12.8. The van der Waals surface area contributed by atoms with Gasteiger partial charge in [-0.15, -0.1) is 0 Å². The Morgan fingerprint density at radius 2 is 2.00 bits per heavy atom. The molecule has 4 nitrogen and oxygen atoms in total. The Hall–Kier alpha value is -0.750. The maximum Gasteiger partial charge on any atom is 0.377 e. The minimum Gasteiger partial charge on any atom is -0.452 e. The lowest BCUT2D eigenvalue weighted by Gasteiger charge is -2.38. The van der Waals surface area contributed by atoms with Gasteiger partial charge in [-0.05, 0) is 19.3 Å². The van der Waals surface area contributed by atoms with Crippen LogP contribution in [-0.2, 0) is 19.0 Å². The van der Waals surface area contributed by atoms with Crippen LogP contribution < -0.4 is 0 Å². The average molecular weight is 250 g/mol. The number of rotatable bonds is 2. The van der Waals surface area contributed by atoms with Crippen LogP contribution in [0.2, 0.25) is 0 Å². The molecule has 17 heavy (non-hydrogen) atoms. The van der Waals surface area contributed by atoms with Gasteiger partial charge in [-0.2, -0.15) is 8.78 Å². The van der Waals surface area contributed by atoms with Crippen molar-refractivity contribution < 1.29 is 27.8 Å². The molecule has 1 spiro atoms. The minimum atomic E-state index is -3.47. The standard InChI is InChI=1S/C11H16F2O4/c1-10(12,13)9(14)17-8-4-2-5-11(8)15-6-3-7-16-11/h8H,2-7H2,1H3. The van der Waals surface area contributed by atoms with Crippen LogP contribution in [0.4, 0.5) is 8.78 Å². The quantitative estimate of drug-likeness (QED) is 0.702. The molecular formula is C11H16F2O4. The highest BCUT2D eigenvalue weighted by Crippen LogP contribution is 2.39. The molecule has 2 rings (SSSR count). The second-order valence-corrected chi connectivity index (χ2v) is 4.54. The molecule has 1 saturated carbocycles. The SMILES string of the molecule is CC(F)(F)C(=O)OC1CCCC12OCCCO2. The summed E-state index contributed by atoms with van der Waals surface area (Å²) in [5.74, 6) is -5.97. The smallest absolute Gasteiger partial charge is 0.377 e. The normalized spacial score (nSPS) is 28.3. The number of hydrogen-bond donors (Lipinski definition) is 0. The molecule has 2 aliphatic rings. The predicted octanol–water partition coefficient (Wildman–Crippen LogP) is 1.87. The second-order valence-electron chi connectivity index (χ2n) is 4.54. The van der Waals surface area contributed by atoms with Gasteiger partial charge in [0.05, 0.1) is 13.2 Å². The number of carbonyl (C=O) groups is 1. The van der Waals surface area contributed by atoms with E-state index in [9.17, 15) is 13.6 Å². The summed E-state index contributed by atoms with van der Waals surface area (Å²) in [6.07, 6.45) is 1.88. The number of halogens is 2. The molecule has 0 radical (unpaired) electrons. The lowest BCUT2D eigenvalue weighted by atomic mass is 10.1. The summed E-state index contributed by atoms with van der Waals surface area (Å²) in [6.45, 7) is 1.55. The number of alkyl halides is 2. The Balaban J connectivity index is 2.02. The zero-order valence-electron chi connectivity index (χ0n) is 9.71. The van der Waals surface area contributed by atoms with E-state index in [0.717, 1.165) is 12.8 Å². The lowest BCUT2D eigenvalue weighted by Crippen LogP contribution is -2.49. The van der Waals surface area contributed by atoms with E-state index in [1.807, 2.05) is 0 Å². The largest absolute Gasteiger partial charge is 0.452 e. The Morgan fingerprint density at radius 3 is 2.59 bits per heavy atom. The summed E-state index contributed by atoms with van der Waals surface area (Å²) in [6, 6.07) is 0. The molecular weight excluding hydrogens is 234 g/mol. The maximum absolute atomic E-state index is 12.8. The van der Waals surface area contributed by atoms with Crippen LogP contribution in [0.25, 0.3) is 0 Å². The first-order valence-electron chi connectivity index (χ1n) is 5.81. The van der Waals surface area contributed by atoms with Crippen molar-refractivity contribution in [3.05, 3.63) is 0 Å². The first-order chi connectivity index (χ1) is 7.94. The predicted molar refractivity (Wildman–Crippen MR) is 53.6 cm³/mol. The zero-order valence-corrected chi connectivity index (χ0v) is 9.71.